The molecule has 2 aliphatic rings. The third-order valence-electron chi connectivity index (χ3n) is 3.87. The normalized spacial score (nSPS) is 45.3. The van der Waals surface area contributed by atoms with Crippen LogP contribution in [0.5, 0.6) is 0 Å². The zero-order chi connectivity index (χ0) is 7.19. The van der Waals surface area contributed by atoms with Gasteiger partial charge in [0, 0.05) is 0 Å². The molecule has 0 aromatic rings. The van der Waals surface area contributed by atoms with Gasteiger partial charge in [-0.15, -0.1) is 0 Å². The van der Waals surface area contributed by atoms with Crippen LogP contribution in [-0.2, 0) is 0 Å². The second-order valence-corrected chi connectivity index (χ2v) is 4.53. The van der Waals surface area contributed by atoms with Crippen LogP contribution in [0.15, 0.2) is 0 Å². The van der Waals surface area contributed by atoms with E-state index >= 15 is 0 Å². The minimum absolute atomic E-state index is 0.845. The van der Waals surface area contributed by atoms with Crippen LogP contribution in [0, 0.1) is 17.3 Å². The Hall–Kier alpha value is 0. The van der Waals surface area contributed by atoms with Crippen molar-refractivity contribution in [2.75, 3.05) is 0 Å². The van der Waals surface area contributed by atoms with E-state index in [0.29, 0.717) is 0 Å². The molecule has 0 spiro atoms. The third-order valence-corrected chi connectivity index (χ3v) is 3.87. The van der Waals surface area contributed by atoms with Crippen molar-refractivity contribution in [3.8, 4) is 0 Å². The minimum atomic E-state index is 0.845. The van der Waals surface area contributed by atoms with Gasteiger partial charge < -0.3 is 0 Å². The Morgan fingerprint density at radius 2 is 2.10 bits per heavy atom. The first kappa shape index (κ1) is 6.69. The second kappa shape index (κ2) is 1.99. The average Bonchev–Trinajstić information content (AvgIpc) is 2.61. The first-order valence-electron chi connectivity index (χ1n) is 4.76. The van der Waals surface area contributed by atoms with E-state index in [0.717, 1.165) is 17.3 Å². The summed E-state index contributed by atoms with van der Waals surface area (Å²) >= 11 is 0. The van der Waals surface area contributed by atoms with Gasteiger partial charge in [-0.05, 0) is 36.5 Å². The molecule has 0 aliphatic heterocycles. The fourth-order valence-corrected chi connectivity index (χ4v) is 2.94. The topological polar surface area (TPSA) is 0 Å². The predicted octanol–water partition coefficient (Wildman–Crippen LogP) is 3.22. The van der Waals surface area contributed by atoms with Crippen LogP contribution in [0.25, 0.3) is 0 Å². The van der Waals surface area contributed by atoms with Crippen molar-refractivity contribution in [3.63, 3.8) is 0 Å². The van der Waals surface area contributed by atoms with Crippen molar-refractivity contribution in [2.45, 2.75) is 46.0 Å². The monoisotopic (exact) mass is 138 g/mol. The molecular weight excluding hydrogens is 120 g/mol. The van der Waals surface area contributed by atoms with Crippen molar-refractivity contribution in [1.82, 2.24) is 0 Å². The summed E-state index contributed by atoms with van der Waals surface area (Å²) in [6.45, 7) is 4.82. The van der Waals surface area contributed by atoms with E-state index in [9.17, 15) is 0 Å². The molecule has 0 amide bonds. The standard InChI is InChI=1S/C10H18/c1-8(2)10-6-4-3-5-9(10)7-10/h8-9H,3-7H2,1-2H3/t9-,10+/m0/s1. The van der Waals surface area contributed by atoms with E-state index in [4.69, 9.17) is 0 Å². The molecule has 58 valence electrons. The fourth-order valence-electron chi connectivity index (χ4n) is 2.94. The van der Waals surface area contributed by atoms with Crippen molar-refractivity contribution in [2.24, 2.45) is 17.3 Å². The van der Waals surface area contributed by atoms with Crippen LogP contribution >= 0.6 is 0 Å². The van der Waals surface area contributed by atoms with Crippen LogP contribution < -0.4 is 0 Å². The summed E-state index contributed by atoms with van der Waals surface area (Å²) in [4.78, 5) is 0. The molecule has 0 unspecified atom stereocenters. The van der Waals surface area contributed by atoms with Gasteiger partial charge in [0.15, 0.2) is 0 Å². The second-order valence-electron chi connectivity index (χ2n) is 4.53. The summed E-state index contributed by atoms with van der Waals surface area (Å²) in [6, 6.07) is 0. The predicted molar refractivity (Wildman–Crippen MR) is 43.8 cm³/mol. The molecule has 0 nitrogen and oxygen atoms in total. The zero-order valence-corrected chi connectivity index (χ0v) is 7.19. The maximum Gasteiger partial charge on any atom is -0.0243 e. The van der Waals surface area contributed by atoms with Gasteiger partial charge in [0.05, 0.1) is 0 Å². The molecule has 2 saturated carbocycles. The maximum atomic E-state index is 2.41. The molecule has 0 bridgehead atoms. The summed E-state index contributed by atoms with van der Waals surface area (Å²) < 4.78 is 0. The Balaban J connectivity index is 2.05. The highest BCUT2D eigenvalue weighted by Crippen LogP contribution is 2.65. The van der Waals surface area contributed by atoms with Gasteiger partial charge in [-0.25, -0.2) is 0 Å². The van der Waals surface area contributed by atoms with Gasteiger partial charge in [-0.1, -0.05) is 26.7 Å². The summed E-state index contributed by atoms with van der Waals surface area (Å²) in [6.07, 6.45) is 7.66. The molecule has 0 heterocycles. The molecule has 10 heavy (non-hydrogen) atoms. The van der Waals surface area contributed by atoms with Crippen molar-refractivity contribution >= 4 is 0 Å². The van der Waals surface area contributed by atoms with Crippen LogP contribution in [0.3, 0.4) is 0 Å². The van der Waals surface area contributed by atoms with Gasteiger partial charge in [0.1, 0.15) is 0 Å². The quantitative estimate of drug-likeness (QED) is 0.522. The minimum Gasteiger partial charge on any atom is -0.0622 e. The third kappa shape index (κ3) is 0.741. The fraction of sp³-hybridized carbons (Fsp3) is 1.00. The van der Waals surface area contributed by atoms with Crippen LogP contribution in [0.1, 0.15) is 46.0 Å². The Labute approximate surface area is 64.0 Å². The lowest BCUT2D eigenvalue weighted by Crippen LogP contribution is -2.15. The molecule has 0 aromatic heterocycles. The highest BCUT2D eigenvalue weighted by molar-refractivity contribution is 5.05. The van der Waals surface area contributed by atoms with Gasteiger partial charge in [0.25, 0.3) is 0 Å². The molecule has 0 aromatic carbocycles. The van der Waals surface area contributed by atoms with Gasteiger partial charge in [-0.2, -0.15) is 0 Å². The van der Waals surface area contributed by atoms with Crippen LogP contribution in [0.2, 0.25) is 0 Å². The highest BCUT2D eigenvalue weighted by atomic mass is 14.6. The van der Waals surface area contributed by atoms with E-state index in [1.165, 1.54) is 25.7 Å². The lowest BCUT2D eigenvalue weighted by molar-refractivity contribution is 0.252. The van der Waals surface area contributed by atoms with E-state index in [-0.39, 0.29) is 0 Å². The van der Waals surface area contributed by atoms with Gasteiger partial charge in [-0.3, -0.25) is 0 Å². The van der Waals surface area contributed by atoms with Gasteiger partial charge >= 0.3 is 0 Å². The molecule has 2 atom stereocenters. The van der Waals surface area contributed by atoms with Crippen LogP contribution in [0.4, 0.5) is 0 Å². The lowest BCUT2D eigenvalue weighted by Gasteiger charge is -2.25. The molecule has 0 heteroatoms. The Morgan fingerprint density at radius 1 is 1.30 bits per heavy atom. The summed E-state index contributed by atoms with van der Waals surface area (Å²) in [7, 11) is 0. The molecule has 0 N–H and O–H groups in total. The Bertz CT molecular complexity index is 137. The van der Waals surface area contributed by atoms with Crippen molar-refractivity contribution in [3.05, 3.63) is 0 Å². The summed E-state index contributed by atoms with van der Waals surface area (Å²) in [5, 5.41) is 0. The molecule has 0 radical (unpaired) electrons. The van der Waals surface area contributed by atoms with Gasteiger partial charge in [0.2, 0.25) is 0 Å². The first-order valence-corrected chi connectivity index (χ1v) is 4.76. The van der Waals surface area contributed by atoms with Crippen LogP contribution in [-0.4, -0.2) is 0 Å². The van der Waals surface area contributed by atoms with E-state index in [2.05, 4.69) is 13.8 Å². The molecule has 2 rings (SSSR count). The van der Waals surface area contributed by atoms with E-state index < -0.39 is 0 Å². The van der Waals surface area contributed by atoms with E-state index in [1.807, 2.05) is 0 Å². The zero-order valence-electron chi connectivity index (χ0n) is 7.19. The number of hydrogen-bond acceptors (Lipinski definition) is 0. The summed E-state index contributed by atoms with van der Waals surface area (Å²) in [5.74, 6) is 2.10. The number of hydrogen-bond donors (Lipinski definition) is 0. The molecular formula is C10H18. The molecule has 2 aliphatic carbocycles. The largest absolute Gasteiger partial charge is 0.0622 e. The van der Waals surface area contributed by atoms with Crippen molar-refractivity contribution in [1.29, 1.82) is 0 Å². The molecule has 2 fully saturated rings. The first-order chi connectivity index (χ1) is 4.76. The van der Waals surface area contributed by atoms with Crippen molar-refractivity contribution < 1.29 is 0 Å². The summed E-state index contributed by atoms with van der Waals surface area (Å²) in [5.41, 5.74) is 0.845. The Kier molecular flexibility index (Phi) is 1.33. The highest BCUT2D eigenvalue weighted by Gasteiger charge is 2.55. The number of fused-ring (bicyclic) bond motifs is 1. The average molecular weight is 138 g/mol. The lowest BCUT2D eigenvalue weighted by atomic mass is 9.80. The maximum absolute atomic E-state index is 2.41. The SMILES string of the molecule is CC(C)[C@]12CCCC[C@H]1C2. The van der Waals surface area contributed by atoms with E-state index in [1.54, 1.807) is 6.42 Å². The molecule has 0 saturated heterocycles. The smallest absolute Gasteiger partial charge is 0.0243 e. The number of rotatable bonds is 1. The Morgan fingerprint density at radius 3 is 2.60 bits per heavy atom.